The molecule has 3 heterocycles. The maximum atomic E-state index is 12.2. The Morgan fingerprint density at radius 1 is 1.35 bits per heavy atom. The molecule has 0 bridgehead atoms. The summed E-state index contributed by atoms with van der Waals surface area (Å²) in [5.74, 6) is 1.49. The van der Waals surface area contributed by atoms with Crippen LogP contribution in [-0.4, -0.2) is 59.9 Å². The lowest BCUT2D eigenvalue weighted by Crippen LogP contribution is -2.51. The first-order chi connectivity index (χ1) is 12.6. The second-order valence-corrected chi connectivity index (χ2v) is 7.56. The van der Waals surface area contributed by atoms with Crippen molar-refractivity contribution in [1.82, 2.24) is 20.4 Å². The highest BCUT2D eigenvalue weighted by Crippen LogP contribution is 2.20. The minimum absolute atomic E-state index is 0.0131. The molecule has 1 saturated heterocycles. The van der Waals surface area contributed by atoms with Gasteiger partial charge < -0.3 is 14.5 Å². The van der Waals surface area contributed by atoms with Crippen LogP contribution in [0, 0.1) is 5.92 Å². The molecule has 1 aliphatic heterocycles. The van der Waals surface area contributed by atoms with Crippen LogP contribution in [0.3, 0.4) is 0 Å². The molecule has 8 heteroatoms. The summed E-state index contributed by atoms with van der Waals surface area (Å²) >= 11 is 1.58. The van der Waals surface area contributed by atoms with Crippen molar-refractivity contribution in [2.45, 2.75) is 32.7 Å². The van der Waals surface area contributed by atoms with Gasteiger partial charge in [0, 0.05) is 49.5 Å². The standard InChI is InChI=1S/C18H26N4O3S/c1-13(2)15(22-6-8-24-9-7-22)11-19-16(23)3-4-17-20-21-18(25-17)14-5-10-26-12-14/h5,10,12-13,15H,3-4,6-9,11H2,1-2H3,(H,19,23)/t15-/m0/s1. The van der Waals surface area contributed by atoms with Crippen LogP contribution in [0.15, 0.2) is 21.2 Å². The minimum atomic E-state index is 0.0131. The number of nitrogens with zero attached hydrogens (tertiary/aromatic N) is 3. The lowest BCUT2D eigenvalue weighted by Gasteiger charge is -2.36. The number of morpholine rings is 1. The molecule has 0 spiro atoms. The Morgan fingerprint density at radius 2 is 2.15 bits per heavy atom. The van der Waals surface area contributed by atoms with E-state index < -0.39 is 0 Å². The number of aromatic nitrogens is 2. The largest absolute Gasteiger partial charge is 0.421 e. The zero-order chi connectivity index (χ0) is 18.4. The van der Waals surface area contributed by atoms with Crippen molar-refractivity contribution in [3.05, 3.63) is 22.7 Å². The first kappa shape index (κ1) is 19.0. The highest BCUT2D eigenvalue weighted by atomic mass is 32.1. The van der Waals surface area contributed by atoms with Gasteiger partial charge in [-0.3, -0.25) is 9.69 Å². The van der Waals surface area contributed by atoms with Crippen molar-refractivity contribution in [1.29, 1.82) is 0 Å². The van der Waals surface area contributed by atoms with Gasteiger partial charge in [-0.15, -0.1) is 10.2 Å². The minimum Gasteiger partial charge on any atom is -0.421 e. The summed E-state index contributed by atoms with van der Waals surface area (Å²) < 4.78 is 11.0. The first-order valence-corrected chi connectivity index (χ1v) is 10.0. The second-order valence-electron chi connectivity index (χ2n) is 6.78. The van der Waals surface area contributed by atoms with E-state index >= 15 is 0 Å². The molecule has 0 saturated carbocycles. The van der Waals surface area contributed by atoms with Gasteiger partial charge in [-0.1, -0.05) is 13.8 Å². The lowest BCUT2D eigenvalue weighted by atomic mass is 10.0. The van der Waals surface area contributed by atoms with E-state index in [0.29, 0.717) is 43.1 Å². The van der Waals surface area contributed by atoms with Gasteiger partial charge in [0.25, 0.3) is 0 Å². The number of rotatable bonds is 8. The predicted molar refractivity (Wildman–Crippen MR) is 100.0 cm³/mol. The number of ether oxygens (including phenoxy) is 1. The summed E-state index contributed by atoms with van der Waals surface area (Å²) in [4.78, 5) is 14.6. The molecule has 1 aliphatic rings. The topological polar surface area (TPSA) is 80.5 Å². The van der Waals surface area contributed by atoms with Gasteiger partial charge in [-0.2, -0.15) is 11.3 Å². The molecule has 7 nitrogen and oxygen atoms in total. The number of hydrogen-bond donors (Lipinski definition) is 1. The lowest BCUT2D eigenvalue weighted by molar-refractivity contribution is -0.121. The third-order valence-corrected chi connectivity index (χ3v) is 5.28. The van der Waals surface area contributed by atoms with E-state index in [1.165, 1.54) is 0 Å². The van der Waals surface area contributed by atoms with E-state index in [0.717, 1.165) is 31.9 Å². The Balaban J connectivity index is 1.44. The number of thiophene rings is 1. The van der Waals surface area contributed by atoms with E-state index in [-0.39, 0.29) is 5.91 Å². The molecule has 0 radical (unpaired) electrons. The Morgan fingerprint density at radius 3 is 2.85 bits per heavy atom. The van der Waals surface area contributed by atoms with Crippen LogP contribution in [0.5, 0.6) is 0 Å². The van der Waals surface area contributed by atoms with Gasteiger partial charge in [-0.25, -0.2) is 0 Å². The zero-order valence-electron chi connectivity index (χ0n) is 15.3. The van der Waals surface area contributed by atoms with Gasteiger partial charge in [0.2, 0.25) is 17.7 Å². The monoisotopic (exact) mass is 378 g/mol. The van der Waals surface area contributed by atoms with E-state index in [1.54, 1.807) is 11.3 Å². The van der Waals surface area contributed by atoms with E-state index in [9.17, 15) is 4.79 Å². The maximum Gasteiger partial charge on any atom is 0.248 e. The fraction of sp³-hybridized carbons (Fsp3) is 0.611. The van der Waals surface area contributed by atoms with Crippen LogP contribution in [0.4, 0.5) is 0 Å². The Kier molecular flexibility index (Phi) is 6.76. The number of carbonyl (C=O) groups excluding carboxylic acids is 1. The molecule has 142 valence electrons. The quantitative estimate of drug-likeness (QED) is 0.759. The first-order valence-electron chi connectivity index (χ1n) is 9.07. The molecule has 1 amide bonds. The molecular weight excluding hydrogens is 352 g/mol. The normalized spacial score (nSPS) is 16.7. The molecule has 3 rings (SSSR count). The molecular formula is C18H26N4O3S. The van der Waals surface area contributed by atoms with Crippen molar-refractivity contribution >= 4 is 17.2 Å². The summed E-state index contributed by atoms with van der Waals surface area (Å²) in [6.45, 7) is 8.41. The molecule has 1 fully saturated rings. The van der Waals surface area contributed by atoms with Crippen LogP contribution in [-0.2, 0) is 16.0 Å². The molecule has 1 N–H and O–H groups in total. The predicted octanol–water partition coefficient (Wildman–Crippen LogP) is 2.20. The summed E-state index contributed by atoms with van der Waals surface area (Å²) in [6.07, 6.45) is 0.798. The molecule has 0 aromatic carbocycles. The van der Waals surface area contributed by atoms with Gasteiger partial charge in [0.1, 0.15) is 0 Å². The number of aryl methyl sites for hydroxylation is 1. The van der Waals surface area contributed by atoms with Crippen molar-refractivity contribution in [2.24, 2.45) is 5.92 Å². The van der Waals surface area contributed by atoms with Crippen molar-refractivity contribution in [3.63, 3.8) is 0 Å². The van der Waals surface area contributed by atoms with Gasteiger partial charge in [-0.05, 0) is 17.4 Å². The van der Waals surface area contributed by atoms with Gasteiger partial charge in [0.15, 0.2) is 0 Å². The smallest absolute Gasteiger partial charge is 0.248 e. The average molecular weight is 378 g/mol. The van der Waals surface area contributed by atoms with E-state index in [2.05, 4.69) is 34.3 Å². The molecule has 1 atom stereocenters. The number of carbonyl (C=O) groups is 1. The van der Waals surface area contributed by atoms with Crippen LogP contribution in [0.25, 0.3) is 11.5 Å². The number of hydrogen-bond acceptors (Lipinski definition) is 7. The van der Waals surface area contributed by atoms with Crippen molar-refractivity contribution in [3.8, 4) is 11.5 Å². The third-order valence-electron chi connectivity index (χ3n) is 4.59. The van der Waals surface area contributed by atoms with Crippen LogP contribution >= 0.6 is 11.3 Å². The zero-order valence-corrected chi connectivity index (χ0v) is 16.1. The molecule has 0 aliphatic carbocycles. The summed E-state index contributed by atoms with van der Waals surface area (Å²) in [7, 11) is 0. The highest BCUT2D eigenvalue weighted by Gasteiger charge is 2.24. The fourth-order valence-corrected chi connectivity index (χ4v) is 3.71. The number of nitrogens with one attached hydrogen (secondary N) is 1. The Bertz CT molecular complexity index is 680. The number of amides is 1. The Labute approximate surface area is 157 Å². The average Bonchev–Trinajstić information content (AvgIpc) is 3.32. The Hall–Kier alpha value is -1.77. The summed E-state index contributed by atoms with van der Waals surface area (Å²) in [5, 5.41) is 15.0. The summed E-state index contributed by atoms with van der Waals surface area (Å²) in [5.41, 5.74) is 0.920. The van der Waals surface area contributed by atoms with Crippen LogP contribution in [0.2, 0.25) is 0 Å². The van der Waals surface area contributed by atoms with E-state index in [4.69, 9.17) is 9.15 Å². The SMILES string of the molecule is CC(C)[C@H](CNC(=O)CCc1nnc(-c2ccsc2)o1)N1CCOCC1. The van der Waals surface area contributed by atoms with Crippen molar-refractivity contribution in [2.75, 3.05) is 32.8 Å². The van der Waals surface area contributed by atoms with Crippen molar-refractivity contribution < 1.29 is 13.9 Å². The van der Waals surface area contributed by atoms with E-state index in [1.807, 2.05) is 16.8 Å². The molecule has 26 heavy (non-hydrogen) atoms. The molecule has 0 unspecified atom stereocenters. The summed E-state index contributed by atoms with van der Waals surface area (Å²) in [6, 6.07) is 2.27. The fourth-order valence-electron chi connectivity index (χ4n) is 3.08. The highest BCUT2D eigenvalue weighted by molar-refractivity contribution is 7.08. The van der Waals surface area contributed by atoms with Crippen LogP contribution in [0.1, 0.15) is 26.2 Å². The van der Waals surface area contributed by atoms with Gasteiger partial charge >= 0.3 is 0 Å². The maximum absolute atomic E-state index is 12.2. The molecule has 2 aromatic heterocycles. The second kappa shape index (κ2) is 9.25. The molecule has 2 aromatic rings. The van der Waals surface area contributed by atoms with Crippen LogP contribution < -0.4 is 5.32 Å². The van der Waals surface area contributed by atoms with Gasteiger partial charge in [0.05, 0.1) is 13.2 Å². The third kappa shape index (κ3) is 5.12.